The van der Waals surface area contributed by atoms with Gasteiger partial charge in [0.1, 0.15) is 0 Å². The third-order valence-corrected chi connectivity index (χ3v) is 4.08. The number of carbonyl (C=O) groups excluding carboxylic acids is 1. The number of methoxy groups -OCH3 is 1. The number of benzene rings is 1. The highest BCUT2D eigenvalue weighted by atomic mass is 16.7. The summed E-state index contributed by atoms with van der Waals surface area (Å²) in [5, 5.41) is 3.32. The molecular weight excluding hydrogens is 282 g/mol. The van der Waals surface area contributed by atoms with Gasteiger partial charge in [0.25, 0.3) is 0 Å². The van der Waals surface area contributed by atoms with Crippen LogP contribution in [0.4, 0.5) is 5.69 Å². The summed E-state index contributed by atoms with van der Waals surface area (Å²) in [6.45, 7) is 2.60. The van der Waals surface area contributed by atoms with E-state index in [9.17, 15) is 4.79 Å². The van der Waals surface area contributed by atoms with Crippen LogP contribution in [-0.4, -0.2) is 25.8 Å². The van der Waals surface area contributed by atoms with Gasteiger partial charge in [-0.15, -0.1) is 0 Å². The van der Waals surface area contributed by atoms with Crippen LogP contribution in [0.5, 0.6) is 11.5 Å². The molecule has 0 saturated carbocycles. The van der Waals surface area contributed by atoms with Crippen molar-refractivity contribution < 1.29 is 19.0 Å². The lowest BCUT2D eigenvalue weighted by molar-refractivity contribution is -0.114. The molecule has 1 unspecified atom stereocenters. The van der Waals surface area contributed by atoms with E-state index in [1.165, 1.54) is 0 Å². The third kappa shape index (κ3) is 3.09. The molecule has 0 radical (unpaired) electrons. The predicted octanol–water partition coefficient (Wildman–Crippen LogP) is 3.26. The van der Waals surface area contributed by atoms with Gasteiger partial charge in [-0.2, -0.15) is 0 Å². The lowest BCUT2D eigenvalue weighted by Crippen LogP contribution is -2.14. The average molecular weight is 303 g/mol. The molecule has 1 N–H and O–H groups in total. The van der Waals surface area contributed by atoms with E-state index in [2.05, 4.69) is 5.32 Å². The Hall–Kier alpha value is -2.01. The Morgan fingerprint density at radius 3 is 2.77 bits per heavy atom. The smallest absolute Gasteiger partial charge is 0.200 e. The molecule has 1 aromatic rings. The summed E-state index contributed by atoms with van der Waals surface area (Å²) in [4.78, 5) is 11.6. The number of hydrogen-bond acceptors (Lipinski definition) is 5. The van der Waals surface area contributed by atoms with Gasteiger partial charge in [0.05, 0.1) is 13.7 Å². The molecule has 1 aliphatic carbocycles. The average Bonchev–Trinajstić information content (AvgIpc) is 3.13. The molecule has 1 aromatic carbocycles. The molecule has 1 aliphatic heterocycles. The van der Waals surface area contributed by atoms with E-state index in [1.54, 1.807) is 7.11 Å². The van der Waals surface area contributed by atoms with E-state index in [4.69, 9.17) is 14.2 Å². The second-order valence-corrected chi connectivity index (χ2v) is 5.58. The van der Waals surface area contributed by atoms with Crippen molar-refractivity contribution in [3.8, 4) is 11.5 Å². The molecule has 1 heterocycles. The first kappa shape index (κ1) is 14.9. The Morgan fingerprint density at radius 2 is 2.14 bits per heavy atom. The van der Waals surface area contributed by atoms with Crippen LogP contribution in [-0.2, 0) is 9.53 Å². The molecule has 1 saturated heterocycles. The van der Waals surface area contributed by atoms with Gasteiger partial charge >= 0.3 is 0 Å². The fraction of sp³-hybridized carbons (Fsp3) is 0.471. The summed E-state index contributed by atoms with van der Waals surface area (Å²) in [6, 6.07) is 5.67. The maximum absolute atomic E-state index is 11.6. The molecule has 0 amide bonds. The standard InChI is InChI=1S/C17H21NO4/c1-11-13(6-7-14(11)19)18-12-5-8-15(20-2)16(10-12)22-17-4-3-9-21-17/h5,8,10,17-18H,3-4,6-7,9H2,1-2H3. The van der Waals surface area contributed by atoms with Gasteiger partial charge in [0, 0.05) is 35.9 Å². The molecular formula is C17H21NO4. The minimum absolute atomic E-state index is 0.210. The van der Waals surface area contributed by atoms with Gasteiger partial charge in [-0.3, -0.25) is 4.79 Å². The second kappa shape index (κ2) is 6.40. The van der Waals surface area contributed by atoms with E-state index in [-0.39, 0.29) is 12.1 Å². The summed E-state index contributed by atoms with van der Waals surface area (Å²) in [5.74, 6) is 1.54. The maximum Gasteiger partial charge on any atom is 0.200 e. The molecule has 5 heteroatoms. The Bertz CT molecular complexity index is 603. The number of Topliss-reactive ketones (excluding diaryl/α,β-unsaturated/α-hetero) is 1. The van der Waals surface area contributed by atoms with Crippen molar-refractivity contribution in [3.63, 3.8) is 0 Å². The van der Waals surface area contributed by atoms with E-state index in [0.29, 0.717) is 17.9 Å². The van der Waals surface area contributed by atoms with Crippen molar-refractivity contribution in [2.45, 2.75) is 38.9 Å². The zero-order valence-electron chi connectivity index (χ0n) is 13.0. The predicted molar refractivity (Wildman–Crippen MR) is 83.2 cm³/mol. The van der Waals surface area contributed by atoms with Crippen LogP contribution in [0, 0.1) is 0 Å². The maximum atomic E-state index is 11.6. The molecule has 1 fully saturated rings. The van der Waals surface area contributed by atoms with Crippen LogP contribution in [0.15, 0.2) is 29.5 Å². The highest BCUT2D eigenvalue weighted by molar-refractivity contribution is 5.98. The number of carbonyl (C=O) groups is 1. The van der Waals surface area contributed by atoms with Crippen molar-refractivity contribution in [3.05, 3.63) is 29.5 Å². The number of anilines is 1. The number of ether oxygens (including phenoxy) is 3. The van der Waals surface area contributed by atoms with Gasteiger partial charge < -0.3 is 19.5 Å². The summed E-state index contributed by atoms with van der Waals surface area (Å²) < 4.78 is 16.7. The normalized spacial score (nSPS) is 21.4. The fourth-order valence-corrected chi connectivity index (χ4v) is 2.74. The summed E-state index contributed by atoms with van der Waals surface area (Å²) in [6.07, 6.45) is 3.04. The van der Waals surface area contributed by atoms with Crippen molar-refractivity contribution >= 4 is 11.5 Å². The number of ketones is 1. The van der Waals surface area contributed by atoms with Gasteiger partial charge in [-0.25, -0.2) is 0 Å². The molecule has 22 heavy (non-hydrogen) atoms. The SMILES string of the molecule is COc1ccc(NC2=C(C)C(=O)CC2)cc1OC1CCCO1. The molecule has 3 rings (SSSR count). The first-order valence-corrected chi connectivity index (χ1v) is 7.63. The number of nitrogens with one attached hydrogen (secondary N) is 1. The Labute approximate surface area is 130 Å². The third-order valence-electron chi connectivity index (χ3n) is 4.08. The van der Waals surface area contributed by atoms with Gasteiger partial charge in [0.15, 0.2) is 23.6 Å². The Morgan fingerprint density at radius 1 is 1.27 bits per heavy atom. The zero-order chi connectivity index (χ0) is 15.5. The van der Waals surface area contributed by atoms with Gasteiger partial charge in [-0.1, -0.05) is 0 Å². The highest BCUT2D eigenvalue weighted by Crippen LogP contribution is 2.34. The first-order valence-electron chi connectivity index (χ1n) is 7.63. The minimum atomic E-state index is -0.210. The number of rotatable bonds is 5. The van der Waals surface area contributed by atoms with E-state index in [1.807, 2.05) is 25.1 Å². The molecule has 2 aliphatic rings. The zero-order valence-corrected chi connectivity index (χ0v) is 13.0. The van der Waals surface area contributed by atoms with Gasteiger partial charge in [-0.05, 0) is 31.9 Å². The topological polar surface area (TPSA) is 56.8 Å². The van der Waals surface area contributed by atoms with E-state index < -0.39 is 0 Å². The lowest BCUT2D eigenvalue weighted by atomic mass is 10.2. The molecule has 0 bridgehead atoms. The molecule has 5 nitrogen and oxygen atoms in total. The van der Waals surface area contributed by atoms with Gasteiger partial charge in [0.2, 0.25) is 0 Å². The summed E-state index contributed by atoms with van der Waals surface area (Å²) in [5.41, 5.74) is 2.69. The Kier molecular flexibility index (Phi) is 4.34. The lowest BCUT2D eigenvalue weighted by Gasteiger charge is -2.17. The van der Waals surface area contributed by atoms with Crippen molar-refractivity contribution in [1.82, 2.24) is 0 Å². The van der Waals surface area contributed by atoms with E-state index >= 15 is 0 Å². The van der Waals surface area contributed by atoms with Crippen LogP contribution in [0.25, 0.3) is 0 Å². The largest absolute Gasteiger partial charge is 0.493 e. The molecule has 0 spiro atoms. The van der Waals surface area contributed by atoms with Crippen LogP contribution in [0.1, 0.15) is 32.6 Å². The summed E-state index contributed by atoms with van der Waals surface area (Å²) >= 11 is 0. The van der Waals surface area contributed by atoms with E-state index in [0.717, 1.165) is 42.8 Å². The second-order valence-electron chi connectivity index (χ2n) is 5.58. The molecule has 1 atom stereocenters. The first-order chi connectivity index (χ1) is 10.7. The van der Waals surface area contributed by atoms with Crippen molar-refractivity contribution in [1.29, 1.82) is 0 Å². The van der Waals surface area contributed by atoms with Crippen LogP contribution >= 0.6 is 0 Å². The summed E-state index contributed by atoms with van der Waals surface area (Å²) in [7, 11) is 1.62. The quantitative estimate of drug-likeness (QED) is 0.905. The molecule has 0 aromatic heterocycles. The number of hydrogen-bond donors (Lipinski definition) is 1. The highest BCUT2D eigenvalue weighted by Gasteiger charge is 2.21. The molecule has 118 valence electrons. The Balaban J connectivity index is 1.79. The van der Waals surface area contributed by atoms with Crippen LogP contribution in [0.2, 0.25) is 0 Å². The van der Waals surface area contributed by atoms with Crippen molar-refractivity contribution in [2.75, 3.05) is 19.0 Å². The number of allylic oxidation sites excluding steroid dienone is 2. The van der Waals surface area contributed by atoms with Crippen LogP contribution in [0.3, 0.4) is 0 Å². The monoisotopic (exact) mass is 303 g/mol. The van der Waals surface area contributed by atoms with Crippen molar-refractivity contribution in [2.24, 2.45) is 0 Å². The minimum Gasteiger partial charge on any atom is -0.493 e. The van der Waals surface area contributed by atoms with Crippen LogP contribution < -0.4 is 14.8 Å². The fourth-order valence-electron chi connectivity index (χ4n) is 2.74.